The first-order valence-corrected chi connectivity index (χ1v) is 6.66. The Morgan fingerprint density at radius 1 is 1.14 bits per heavy atom. The van der Waals surface area contributed by atoms with Crippen LogP contribution in [0.3, 0.4) is 0 Å². The SMILES string of the molecule is COc1cccc(CNC(=O)CNc2cc(F)cc(F)c2)c1. The number of hydrogen-bond donors (Lipinski definition) is 2. The van der Waals surface area contributed by atoms with Gasteiger partial charge in [-0.2, -0.15) is 0 Å². The van der Waals surface area contributed by atoms with E-state index in [1.54, 1.807) is 7.11 Å². The topological polar surface area (TPSA) is 50.4 Å². The van der Waals surface area contributed by atoms with Crippen LogP contribution in [0.15, 0.2) is 42.5 Å². The Bertz CT molecular complexity index is 642. The van der Waals surface area contributed by atoms with E-state index < -0.39 is 11.6 Å². The van der Waals surface area contributed by atoms with Crippen molar-refractivity contribution < 1.29 is 18.3 Å². The molecule has 0 aliphatic heterocycles. The van der Waals surface area contributed by atoms with Crippen molar-refractivity contribution in [2.75, 3.05) is 19.0 Å². The van der Waals surface area contributed by atoms with Crippen molar-refractivity contribution in [3.63, 3.8) is 0 Å². The van der Waals surface area contributed by atoms with E-state index in [-0.39, 0.29) is 18.1 Å². The summed E-state index contributed by atoms with van der Waals surface area (Å²) in [6.07, 6.45) is 0. The first-order valence-electron chi connectivity index (χ1n) is 6.66. The lowest BCUT2D eigenvalue weighted by atomic mass is 10.2. The van der Waals surface area contributed by atoms with Gasteiger partial charge in [-0.05, 0) is 29.8 Å². The quantitative estimate of drug-likeness (QED) is 0.863. The summed E-state index contributed by atoms with van der Waals surface area (Å²) in [5.41, 5.74) is 1.11. The van der Waals surface area contributed by atoms with Gasteiger partial charge in [-0.15, -0.1) is 0 Å². The molecular formula is C16H16F2N2O2. The second-order valence-electron chi connectivity index (χ2n) is 4.64. The highest BCUT2D eigenvalue weighted by molar-refractivity contribution is 5.80. The van der Waals surface area contributed by atoms with Crippen LogP contribution in [-0.2, 0) is 11.3 Å². The number of nitrogens with one attached hydrogen (secondary N) is 2. The Hall–Kier alpha value is -2.63. The van der Waals surface area contributed by atoms with Gasteiger partial charge in [0.25, 0.3) is 0 Å². The molecule has 2 rings (SSSR count). The minimum Gasteiger partial charge on any atom is -0.497 e. The minimum atomic E-state index is -0.695. The summed E-state index contributed by atoms with van der Waals surface area (Å²) >= 11 is 0. The first kappa shape index (κ1) is 15.8. The van der Waals surface area contributed by atoms with Crippen LogP contribution < -0.4 is 15.4 Å². The zero-order valence-electron chi connectivity index (χ0n) is 12.0. The molecule has 0 unspecified atom stereocenters. The van der Waals surface area contributed by atoms with Crippen molar-refractivity contribution in [1.29, 1.82) is 0 Å². The third kappa shape index (κ3) is 4.73. The van der Waals surface area contributed by atoms with Gasteiger partial charge in [0.1, 0.15) is 17.4 Å². The molecule has 2 aromatic rings. The largest absolute Gasteiger partial charge is 0.497 e. The van der Waals surface area contributed by atoms with Gasteiger partial charge in [0.2, 0.25) is 5.91 Å². The van der Waals surface area contributed by atoms with Gasteiger partial charge >= 0.3 is 0 Å². The number of anilines is 1. The summed E-state index contributed by atoms with van der Waals surface area (Å²) in [6, 6.07) is 10.3. The van der Waals surface area contributed by atoms with Gasteiger partial charge in [-0.3, -0.25) is 4.79 Å². The molecular weight excluding hydrogens is 290 g/mol. The number of benzene rings is 2. The maximum absolute atomic E-state index is 13.0. The van der Waals surface area contributed by atoms with Crippen molar-refractivity contribution in [3.05, 3.63) is 59.7 Å². The molecule has 4 nitrogen and oxygen atoms in total. The Balaban J connectivity index is 1.82. The summed E-state index contributed by atoms with van der Waals surface area (Å²) in [5, 5.41) is 5.37. The molecule has 0 aromatic heterocycles. The fourth-order valence-corrected chi connectivity index (χ4v) is 1.88. The monoisotopic (exact) mass is 306 g/mol. The molecule has 0 saturated heterocycles. The van der Waals surface area contributed by atoms with E-state index >= 15 is 0 Å². The van der Waals surface area contributed by atoms with Crippen LogP contribution in [0, 0.1) is 11.6 Å². The second kappa shape index (κ2) is 7.40. The van der Waals surface area contributed by atoms with Gasteiger partial charge in [0.15, 0.2) is 0 Å². The van der Waals surface area contributed by atoms with Crippen LogP contribution in [0.25, 0.3) is 0 Å². The number of methoxy groups -OCH3 is 1. The van der Waals surface area contributed by atoms with E-state index in [9.17, 15) is 13.6 Å². The van der Waals surface area contributed by atoms with Crippen LogP contribution in [0.5, 0.6) is 5.75 Å². The van der Waals surface area contributed by atoms with E-state index in [4.69, 9.17) is 4.74 Å². The molecule has 0 aliphatic carbocycles. The average molecular weight is 306 g/mol. The van der Waals surface area contributed by atoms with Crippen LogP contribution in [0.2, 0.25) is 0 Å². The Morgan fingerprint density at radius 2 is 1.86 bits per heavy atom. The standard InChI is InChI=1S/C16H16F2N2O2/c1-22-15-4-2-3-11(5-15)9-20-16(21)10-19-14-7-12(17)6-13(18)8-14/h2-8,19H,9-10H2,1H3,(H,20,21). The lowest BCUT2D eigenvalue weighted by Crippen LogP contribution is -2.29. The molecule has 6 heteroatoms. The summed E-state index contributed by atoms with van der Waals surface area (Å²) in [4.78, 5) is 11.7. The second-order valence-corrected chi connectivity index (χ2v) is 4.64. The van der Waals surface area contributed by atoms with Crippen molar-refractivity contribution in [3.8, 4) is 5.75 Å². The summed E-state index contributed by atoms with van der Waals surface area (Å²) < 4.78 is 31.1. The molecule has 0 saturated carbocycles. The molecule has 1 amide bonds. The molecule has 2 aromatic carbocycles. The molecule has 0 fully saturated rings. The lowest BCUT2D eigenvalue weighted by Gasteiger charge is -2.09. The molecule has 0 aliphatic rings. The molecule has 2 N–H and O–H groups in total. The molecule has 0 heterocycles. The predicted octanol–water partition coefficient (Wildman–Crippen LogP) is 2.70. The molecule has 0 atom stereocenters. The lowest BCUT2D eigenvalue weighted by molar-refractivity contribution is -0.119. The third-order valence-corrected chi connectivity index (χ3v) is 2.94. The van der Waals surface area contributed by atoms with Gasteiger partial charge < -0.3 is 15.4 Å². The van der Waals surface area contributed by atoms with Crippen LogP contribution in [0.4, 0.5) is 14.5 Å². The average Bonchev–Trinajstić information content (AvgIpc) is 2.50. The number of ether oxygens (including phenoxy) is 1. The number of rotatable bonds is 6. The van der Waals surface area contributed by atoms with Crippen molar-refractivity contribution in [2.24, 2.45) is 0 Å². The van der Waals surface area contributed by atoms with E-state index in [1.165, 1.54) is 0 Å². The van der Waals surface area contributed by atoms with Gasteiger partial charge in [0.05, 0.1) is 13.7 Å². The number of carbonyl (C=O) groups is 1. The summed E-state index contributed by atoms with van der Waals surface area (Å²) in [6.45, 7) is 0.266. The fraction of sp³-hybridized carbons (Fsp3) is 0.188. The molecule has 116 valence electrons. The Kier molecular flexibility index (Phi) is 5.30. The predicted molar refractivity (Wildman–Crippen MR) is 79.7 cm³/mol. The Labute approximate surface area is 127 Å². The van der Waals surface area contributed by atoms with Crippen molar-refractivity contribution in [2.45, 2.75) is 6.54 Å². The van der Waals surface area contributed by atoms with Gasteiger partial charge in [-0.25, -0.2) is 8.78 Å². The van der Waals surface area contributed by atoms with Crippen molar-refractivity contribution >= 4 is 11.6 Å². The van der Waals surface area contributed by atoms with Crippen LogP contribution in [0.1, 0.15) is 5.56 Å². The number of amides is 1. The zero-order valence-corrected chi connectivity index (χ0v) is 12.0. The smallest absolute Gasteiger partial charge is 0.239 e. The molecule has 0 bridgehead atoms. The van der Waals surface area contributed by atoms with Crippen LogP contribution >= 0.6 is 0 Å². The maximum Gasteiger partial charge on any atom is 0.239 e. The summed E-state index contributed by atoms with van der Waals surface area (Å²) in [5.74, 6) is -0.967. The zero-order chi connectivity index (χ0) is 15.9. The van der Waals surface area contributed by atoms with E-state index in [0.717, 1.165) is 23.8 Å². The molecule has 0 spiro atoms. The minimum absolute atomic E-state index is 0.0765. The van der Waals surface area contributed by atoms with Crippen LogP contribution in [-0.4, -0.2) is 19.6 Å². The normalized spacial score (nSPS) is 10.1. The van der Waals surface area contributed by atoms with Gasteiger partial charge in [-0.1, -0.05) is 12.1 Å². The van der Waals surface area contributed by atoms with Crippen molar-refractivity contribution in [1.82, 2.24) is 5.32 Å². The first-order chi connectivity index (χ1) is 10.6. The third-order valence-electron chi connectivity index (χ3n) is 2.94. The van der Waals surface area contributed by atoms with Gasteiger partial charge in [0, 0.05) is 18.3 Å². The highest BCUT2D eigenvalue weighted by Crippen LogP contribution is 2.13. The maximum atomic E-state index is 13.0. The summed E-state index contributed by atoms with van der Waals surface area (Å²) in [7, 11) is 1.57. The Morgan fingerprint density at radius 3 is 2.55 bits per heavy atom. The number of carbonyl (C=O) groups excluding carboxylic acids is 1. The van der Waals surface area contributed by atoms with E-state index in [1.807, 2.05) is 24.3 Å². The highest BCUT2D eigenvalue weighted by atomic mass is 19.1. The highest BCUT2D eigenvalue weighted by Gasteiger charge is 2.04. The molecule has 0 radical (unpaired) electrons. The number of halogens is 2. The van der Waals surface area contributed by atoms with E-state index in [0.29, 0.717) is 12.3 Å². The fourth-order valence-electron chi connectivity index (χ4n) is 1.88. The molecule has 22 heavy (non-hydrogen) atoms. The number of hydrogen-bond acceptors (Lipinski definition) is 3. The van der Waals surface area contributed by atoms with E-state index in [2.05, 4.69) is 10.6 Å².